The predicted octanol–water partition coefficient (Wildman–Crippen LogP) is 3.22. The zero-order valence-electron chi connectivity index (χ0n) is 18.6. The maximum absolute atomic E-state index is 13.3. The molecule has 5 heterocycles. The Labute approximate surface area is 198 Å². The topological polar surface area (TPSA) is 132 Å². The Morgan fingerprint density at radius 3 is 2.88 bits per heavy atom. The summed E-state index contributed by atoms with van der Waals surface area (Å²) in [6, 6.07) is 5.60. The van der Waals surface area contributed by atoms with Crippen LogP contribution < -0.4 is 5.32 Å². The van der Waals surface area contributed by atoms with Gasteiger partial charge >= 0.3 is 0 Å². The van der Waals surface area contributed by atoms with Crippen LogP contribution in [0.1, 0.15) is 65.0 Å². The fourth-order valence-corrected chi connectivity index (χ4v) is 5.04. The summed E-state index contributed by atoms with van der Waals surface area (Å²) < 4.78 is 3.67. The molecule has 1 unspecified atom stereocenters. The normalized spacial score (nSPS) is 14.9. The highest BCUT2D eigenvalue weighted by Gasteiger charge is 2.28. The number of imidazole rings is 1. The Morgan fingerprint density at radius 2 is 2.18 bits per heavy atom. The molecule has 1 aliphatic rings. The molecule has 1 fully saturated rings. The molecule has 34 heavy (non-hydrogen) atoms. The Bertz CT molecular complexity index is 1480. The van der Waals surface area contributed by atoms with E-state index >= 15 is 0 Å². The van der Waals surface area contributed by atoms with Gasteiger partial charge in [0.25, 0.3) is 5.91 Å². The van der Waals surface area contributed by atoms with Crippen molar-refractivity contribution in [3.8, 4) is 16.3 Å². The minimum Gasteiger partial charge on any atom is -0.342 e. The number of hydrogen-bond donors (Lipinski definition) is 2. The fraction of sp³-hybridized carbons (Fsp3) is 0.318. The van der Waals surface area contributed by atoms with Crippen molar-refractivity contribution in [1.82, 2.24) is 50.1 Å². The third-order valence-corrected chi connectivity index (χ3v) is 7.25. The van der Waals surface area contributed by atoms with Crippen LogP contribution in [0, 0.1) is 6.92 Å². The minimum atomic E-state index is -0.338. The van der Waals surface area contributed by atoms with Crippen LogP contribution in [0.5, 0.6) is 0 Å². The SMILES string of the molecule is Cc1ccc(-c2cnc3c(-n4nnnc4C4CCC4)cc(C(=O)NC(C)c4nnc[nH]4)cn23)s1. The van der Waals surface area contributed by atoms with Gasteiger partial charge in [0, 0.05) is 17.0 Å². The number of H-pyrrole nitrogens is 1. The number of hydrogen-bond acceptors (Lipinski definition) is 8. The van der Waals surface area contributed by atoms with Gasteiger partial charge in [-0.2, -0.15) is 4.68 Å². The molecule has 0 bridgehead atoms. The number of fused-ring (bicyclic) bond motifs is 1. The number of aromatic nitrogens is 9. The Hall–Kier alpha value is -3.93. The highest BCUT2D eigenvalue weighted by atomic mass is 32.1. The van der Waals surface area contributed by atoms with E-state index in [4.69, 9.17) is 4.98 Å². The van der Waals surface area contributed by atoms with Gasteiger partial charge in [-0.25, -0.2) is 4.98 Å². The van der Waals surface area contributed by atoms with Crippen molar-refractivity contribution < 1.29 is 4.79 Å². The summed E-state index contributed by atoms with van der Waals surface area (Å²) in [5.74, 6) is 1.46. The molecule has 0 aromatic carbocycles. The molecule has 1 saturated carbocycles. The first-order valence-corrected chi connectivity index (χ1v) is 11.9. The largest absolute Gasteiger partial charge is 0.342 e. The lowest BCUT2D eigenvalue weighted by Gasteiger charge is -2.24. The van der Waals surface area contributed by atoms with Crippen molar-refractivity contribution >= 4 is 22.9 Å². The lowest BCUT2D eigenvalue weighted by atomic mass is 9.85. The minimum absolute atomic E-state index is 0.243. The van der Waals surface area contributed by atoms with Crippen LogP contribution in [0.2, 0.25) is 0 Å². The van der Waals surface area contributed by atoms with Crippen LogP contribution >= 0.6 is 11.3 Å². The Morgan fingerprint density at radius 1 is 1.29 bits per heavy atom. The second-order valence-electron chi connectivity index (χ2n) is 8.51. The van der Waals surface area contributed by atoms with Gasteiger partial charge in [-0.15, -0.1) is 26.6 Å². The van der Waals surface area contributed by atoms with E-state index in [1.165, 1.54) is 17.6 Å². The van der Waals surface area contributed by atoms with Crippen molar-refractivity contribution in [3.05, 3.63) is 59.0 Å². The van der Waals surface area contributed by atoms with Crippen LogP contribution in [-0.4, -0.2) is 50.7 Å². The zero-order valence-corrected chi connectivity index (χ0v) is 19.5. The molecule has 0 spiro atoms. The van der Waals surface area contributed by atoms with Crippen molar-refractivity contribution in [1.29, 1.82) is 0 Å². The van der Waals surface area contributed by atoms with Gasteiger partial charge in [-0.1, -0.05) is 6.42 Å². The number of aromatic amines is 1. The molecule has 0 saturated heterocycles. The highest BCUT2D eigenvalue weighted by molar-refractivity contribution is 7.15. The predicted molar refractivity (Wildman–Crippen MR) is 125 cm³/mol. The molecular weight excluding hydrogens is 452 g/mol. The summed E-state index contributed by atoms with van der Waals surface area (Å²) in [7, 11) is 0. The summed E-state index contributed by atoms with van der Waals surface area (Å²) in [4.78, 5) is 23.2. The molecule has 0 radical (unpaired) electrons. The average Bonchev–Trinajstić information content (AvgIpc) is 3.58. The second-order valence-corrected chi connectivity index (χ2v) is 9.80. The molecular formula is C22H22N10OS. The third-order valence-electron chi connectivity index (χ3n) is 6.23. The van der Waals surface area contributed by atoms with E-state index in [0.29, 0.717) is 28.6 Å². The molecule has 1 atom stereocenters. The van der Waals surface area contributed by atoms with Gasteiger partial charge in [0.15, 0.2) is 17.3 Å². The number of amides is 1. The summed E-state index contributed by atoms with van der Waals surface area (Å²) >= 11 is 1.68. The number of nitrogens with one attached hydrogen (secondary N) is 2. The number of rotatable bonds is 6. The highest BCUT2D eigenvalue weighted by Crippen LogP contribution is 2.36. The van der Waals surface area contributed by atoms with Crippen molar-refractivity contribution in [2.24, 2.45) is 0 Å². The van der Waals surface area contributed by atoms with Crippen LogP contribution in [0.3, 0.4) is 0 Å². The van der Waals surface area contributed by atoms with Crippen LogP contribution in [0.25, 0.3) is 21.9 Å². The number of aryl methyl sites for hydroxylation is 1. The maximum atomic E-state index is 13.3. The molecule has 5 aromatic rings. The number of carbonyl (C=O) groups is 1. The number of thiophene rings is 1. The molecule has 12 heteroatoms. The standard InChI is InChI=1S/C22H22N10OS/c1-12-6-7-18(34-12)17-9-23-21-16(32-20(28-29-30-32)14-4-3-5-14)8-15(10-31(17)21)22(33)26-13(2)19-24-11-25-27-19/h6-11,13-14H,3-5H2,1-2H3,(H,26,33)(H,24,25,27). The van der Waals surface area contributed by atoms with Crippen LogP contribution in [-0.2, 0) is 0 Å². The number of pyridine rings is 1. The molecule has 11 nitrogen and oxygen atoms in total. The summed E-state index contributed by atoms with van der Waals surface area (Å²) in [6.07, 6.45) is 8.41. The van der Waals surface area contributed by atoms with E-state index in [1.807, 2.05) is 23.7 Å². The zero-order chi connectivity index (χ0) is 23.2. The molecule has 1 amide bonds. The Balaban J connectivity index is 1.48. The smallest absolute Gasteiger partial charge is 0.253 e. The van der Waals surface area contributed by atoms with E-state index < -0.39 is 0 Å². The lowest BCUT2D eigenvalue weighted by Crippen LogP contribution is -2.28. The van der Waals surface area contributed by atoms with E-state index in [0.717, 1.165) is 29.2 Å². The fourth-order valence-electron chi connectivity index (χ4n) is 4.17. The van der Waals surface area contributed by atoms with Gasteiger partial charge in [-0.05, 0) is 55.3 Å². The van der Waals surface area contributed by atoms with Gasteiger partial charge in [-0.3, -0.25) is 9.20 Å². The first-order valence-electron chi connectivity index (χ1n) is 11.1. The van der Waals surface area contributed by atoms with Gasteiger partial charge in [0.1, 0.15) is 12.0 Å². The quantitative estimate of drug-likeness (QED) is 0.386. The first kappa shape index (κ1) is 20.7. The van der Waals surface area contributed by atoms with Crippen LogP contribution in [0.15, 0.2) is 36.9 Å². The van der Waals surface area contributed by atoms with Gasteiger partial charge in [0.05, 0.1) is 28.4 Å². The summed E-state index contributed by atoms with van der Waals surface area (Å²) in [5, 5.41) is 23.3. The van der Waals surface area contributed by atoms with E-state index in [1.54, 1.807) is 22.1 Å². The van der Waals surface area contributed by atoms with Crippen molar-refractivity contribution in [3.63, 3.8) is 0 Å². The van der Waals surface area contributed by atoms with Crippen molar-refractivity contribution in [2.75, 3.05) is 0 Å². The van der Waals surface area contributed by atoms with E-state index in [9.17, 15) is 4.79 Å². The molecule has 2 N–H and O–H groups in total. The molecule has 172 valence electrons. The Kier molecular flexibility index (Phi) is 4.94. The summed E-state index contributed by atoms with van der Waals surface area (Å²) in [5.41, 5.74) is 2.74. The number of carbonyl (C=O) groups excluding carboxylic acids is 1. The van der Waals surface area contributed by atoms with Gasteiger partial charge < -0.3 is 10.3 Å². The lowest BCUT2D eigenvalue weighted by molar-refractivity contribution is 0.0938. The maximum Gasteiger partial charge on any atom is 0.253 e. The monoisotopic (exact) mass is 474 g/mol. The number of nitrogens with zero attached hydrogens (tertiary/aromatic N) is 8. The number of tetrazole rings is 1. The van der Waals surface area contributed by atoms with E-state index in [2.05, 4.69) is 55.1 Å². The first-order chi connectivity index (χ1) is 16.6. The van der Waals surface area contributed by atoms with E-state index in [-0.39, 0.29) is 11.9 Å². The summed E-state index contributed by atoms with van der Waals surface area (Å²) in [6.45, 7) is 3.92. The molecule has 5 aromatic heterocycles. The third kappa shape index (κ3) is 3.46. The molecule has 6 rings (SSSR count). The van der Waals surface area contributed by atoms with Gasteiger partial charge in [0.2, 0.25) is 0 Å². The average molecular weight is 475 g/mol. The van der Waals surface area contributed by atoms with Crippen molar-refractivity contribution in [2.45, 2.75) is 45.1 Å². The second kappa shape index (κ2) is 8.13. The molecule has 0 aliphatic heterocycles. The molecule has 1 aliphatic carbocycles. The van der Waals surface area contributed by atoms with Crippen LogP contribution in [0.4, 0.5) is 0 Å².